The smallest absolute Gasteiger partial charge is 0.134 e. The molecule has 0 amide bonds. The lowest BCUT2D eigenvalue weighted by molar-refractivity contribution is 0.545. The Kier molecular flexibility index (Phi) is 2.73. The number of hydrogen-bond donors (Lipinski definition) is 0. The topological polar surface area (TPSA) is 16.4 Å². The lowest BCUT2D eigenvalue weighted by atomic mass is 10.1. The molecule has 0 N–H and O–H groups in total. The quantitative estimate of drug-likeness (QED) is 0.760. The van der Waals surface area contributed by atoms with Crippen molar-refractivity contribution in [1.29, 1.82) is 0 Å². The van der Waals surface area contributed by atoms with Crippen LogP contribution in [-0.2, 0) is 0 Å². The Bertz CT molecular complexity index is 460. The summed E-state index contributed by atoms with van der Waals surface area (Å²) in [5.41, 5.74) is 3.53. The van der Waals surface area contributed by atoms with Gasteiger partial charge >= 0.3 is 0 Å². The summed E-state index contributed by atoms with van der Waals surface area (Å²) in [6, 6.07) is 10.5. The van der Waals surface area contributed by atoms with Crippen molar-refractivity contribution >= 4 is 5.69 Å². The molecule has 2 rings (SSSR count). The Morgan fingerprint density at radius 2 is 1.62 bits per heavy atom. The van der Waals surface area contributed by atoms with Crippen LogP contribution in [0.4, 0.5) is 5.69 Å². The van der Waals surface area contributed by atoms with Gasteiger partial charge in [-0.15, -0.1) is 0 Å². The first-order valence-electron chi connectivity index (χ1n) is 5.42. The van der Waals surface area contributed by atoms with Crippen molar-refractivity contribution in [3.8, 4) is 11.3 Å². The molecule has 16 heavy (non-hydrogen) atoms. The minimum absolute atomic E-state index is 0.945. The molecule has 0 fully saturated rings. The van der Waals surface area contributed by atoms with E-state index in [1.165, 1.54) is 11.3 Å². The molecular weight excluding hydrogens is 198 g/mol. The van der Waals surface area contributed by atoms with Gasteiger partial charge in [0.15, 0.2) is 0 Å². The van der Waals surface area contributed by atoms with E-state index in [4.69, 9.17) is 4.42 Å². The van der Waals surface area contributed by atoms with E-state index in [9.17, 15) is 0 Å². The normalized spacial score (nSPS) is 10.5. The van der Waals surface area contributed by atoms with E-state index in [0.717, 1.165) is 17.1 Å². The van der Waals surface area contributed by atoms with Gasteiger partial charge in [0.05, 0.1) is 0 Å². The minimum Gasteiger partial charge on any atom is -0.461 e. The Morgan fingerprint density at radius 3 is 2.06 bits per heavy atom. The van der Waals surface area contributed by atoms with Gasteiger partial charge in [0.1, 0.15) is 11.5 Å². The van der Waals surface area contributed by atoms with E-state index >= 15 is 0 Å². The molecule has 2 aromatic rings. The monoisotopic (exact) mass is 215 g/mol. The predicted molar refractivity (Wildman–Crippen MR) is 67.9 cm³/mol. The molecule has 1 aromatic carbocycles. The minimum atomic E-state index is 0.945. The van der Waals surface area contributed by atoms with E-state index in [-0.39, 0.29) is 0 Å². The van der Waals surface area contributed by atoms with Gasteiger partial charge in [0.2, 0.25) is 0 Å². The van der Waals surface area contributed by atoms with Crippen molar-refractivity contribution in [3.63, 3.8) is 0 Å². The summed E-state index contributed by atoms with van der Waals surface area (Å²) in [4.78, 5) is 2.09. The average Bonchev–Trinajstić information content (AvgIpc) is 2.59. The molecule has 0 spiro atoms. The predicted octanol–water partition coefficient (Wildman–Crippen LogP) is 3.63. The van der Waals surface area contributed by atoms with Gasteiger partial charge in [-0.25, -0.2) is 0 Å². The maximum atomic E-state index is 5.69. The second-order valence-corrected chi connectivity index (χ2v) is 4.29. The van der Waals surface area contributed by atoms with Gasteiger partial charge in [-0.3, -0.25) is 0 Å². The summed E-state index contributed by atoms with van der Waals surface area (Å²) < 4.78 is 5.69. The molecule has 0 atom stereocenters. The van der Waals surface area contributed by atoms with Crippen LogP contribution in [0.5, 0.6) is 0 Å². The molecule has 1 aromatic heterocycles. The number of nitrogens with zero attached hydrogens (tertiary/aromatic N) is 1. The molecule has 1 heterocycles. The van der Waals surface area contributed by atoms with Crippen LogP contribution in [-0.4, -0.2) is 14.1 Å². The number of benzene rings is 1. The lowest BCUT2D eigenvalue weighted by Crippen LogP contribution is -2.07. The van der Waals surface area contributed by atoms with Crippen LogP contribution in [0.15, 0.2) is 34.7 Å². The van der Waals surface area contributed by atoms with Crippen LogP contribution in [0.1, 0.15) is 11.3 Å². The third kappa shape index (κ3) is 1.96. The second-order valence-electron chi connectivity index (χ2n) is 4.29. The SMILES string of the molecule is Cc1cc(-c2ccc(N(C)C)cc2)oc1C. The van der Waals surface area contributed by atoms with Crippen LogP contribution in [0.2, 0.25) is 0 Å². The van der Waals surface area contributed by atoms with Crippen molar-refractivity contribution < 1.29 is 4.42 Å². The summed E-state index contributed by atoms with van der Waals surface area (Å²) in [6.07, 6.45) is 0. The number of aryl methyl sites for hydroxylation is 2. The Balaban J connectivity index is 2.34. The highest BCUT2D eigenvalue weighted by molar-refractivity contribution is 5.62. The highest BCUT2D eigenvalue weighted by Gasteiger charge is 2.06. The van der Waals surface area contributed by atoms with Gasteiger partial charge in [0.25, 0.3) is 0 Å². The number of rotatable bonds is 2. The van der Waals surface area contributed by atoms with Gasteiger partial charge < -0.3 is 9.32 Å². The van der Waals surface area contributed by atoms with Crippen LogP contribution in [0, 0.1) is 13.8 Å². The summed E-state index contributed by atoms with van der Waals surface area (Å²) in [5, 5.41) is 0. The third-order valence-corrected chi connectivity index (χ3v) is 2.83. The number of anilines is 1. The van der Waals surface area contributed by atoms with Crippen molar-refractivity contribution in [1.82, 2.24) is 0 Å². The van der Waals surface area contributed by atoms with E-state index in [2.05, 4.69) is 42.2 Å². The molecule has 0 aliphatic heterocycles. The highest BCUT2D eigenvalue weighted by Crippen LogP contribution is 2.26. The van der Waals surface area contributed by atoms with Crippen molar-refractivity contribution in [2.24, 2.45) is 0 Å². The van der Waals surface area contributed by atoms with Gasteiger partial charge in [-0.1, -0.05) is 0 Å². The van der Waals surface area contributed by atoms with E-state index in [0.29, 0.717) is 0 Å². The maximum absolute atomic E-state index is 5.69. The third-order valence-electron chi connectivity index (χ3n) is 2.83. The van der Waals surface area contributed by atoms with Gasteiger partial charge in [-0.05, 0) is 49.7 Å². The average molecular weight is 215 g/mol. The molecule has 0 saturated carbocycles. The number of hydrogen-bond acceptors (Lipinski definition) is 2. The summed E-state index contributed by atoms with van der Waals surface area (Å²) in [5.74, 6) is 1.94. The Labute approximate surface area is 96.5 Å². The largest absolute Gasteiger partial charge is 0.461 e. The zero-order chi connectivity index (χ0) is 11.7. The standard InChI is InChI=1S/C14H17NO/c1-10-9-14(16-11(10)2)12-5-7-13(8-6-12)15(3)4/h5-9H,1-4H3. The molecule has 0 aliphatic rings. The zero-order valence-corrected chi connectivity index (χ0v) is 10.2. The van der Waals surface area contributed by atoms with Crippen molar-refractivity contribution in [2.45, 2.75) is 13.8 Å². The highest BCUT2D eigenvalue weighted by atomic mass is 16.3. The van der Waals surface area contributed by atoms with E-state index in [1.54, 1.807) is 0 Å². The molecule has 0 bridgehead atoms. The maximum Gasteiger partial charge on any atom is 0.134 e. The first-order valence-corrected chi connectivity index (χ1v) is 5.42. The van der Waals surface area contributed by atoms with Crippen LogP contribution >= 0.6 is 0 Å². The van der Waals surface area contributed by atoms with E-state index < -0.39 is 0 Å². The fourth-order valence-corrected chi connectivity index (χ4v) is 1.64. The molecular formula is C14H17NO. The molecule has 0 aliphatic carbocycles. The van der Waals surface area contributed by atoms with Gasteiger partial charge in [0, 0.05) is 25.3 Å². The van der Waals surface area contributed by atoms with Crippen LogP contribution in [0.25, 0.3) is 11.3 Å². The van der Waals surface area contributed by atoms with Crippen LogP contribution in [0.3, 0.4) is 0 Å². The fourth-order valence-electron chi connectivity index (χ4n) is 1.64. The number of furan rings is 1. The summed E-state index contributed by atoms with van der Waals surface area (Å²) >= 11 is 0. The first kappa shape index (κ1) is 10.8. The second kappa shape index (κ2) is 4.05. The summed E-state index contributed by atoms with van der Waals surface area (Å²) in [6.45, 7) is 4.06. The molecule has 0 radical (unpaired) electrons. The molecule has 0 unspecified atom stereocenters. The Morgan fingerprint density at radius 1 is 1.00 bits per heavy atom. The Hall–Kier alpha value is -1.70. The van der Waals surface area contributed by atoms with Crippen molar-refractivity contribution in [3.05, 3.63) is 41.7 Å². The molecule has 0 saturated heterocycles. The van der Waals surface area contributed by atoms with E-state index in [1.807, 2.05) is 21.0 Å². The van der Waals surface area contributed by atoms with Crippen molar-refractivity contribution in [2.75, 3.05) is 19.0 Å². The van der Waals surface area contributed by atoms with Crippen LogP contribution < -0.4 is 4.90 Å². The zero-order valence-electron chi connectivity index (χ0n) is 10.2. The fraction of sp³-hybridized carbons (Fsp3) is 0.286. The first-order chi connectivity index (χ1) is 7.58. The molecule has 2 heteroatoms. The summed E-state index contributed by atoms with van der Waals surface area (Å²) in [7, 11) is 4.08. The molecule has 2 nitrogen and oxygen atoms in total. The van der Waals surface area contributed by atoms with Gasteiger partial charge in [-0.2, -0.15) is 0 Å². The lowest BCUT2D eigenvalue weighted by Gasteiger charge is -2.12. The molecule has 84 valence electrons.